The summed E-state index contributed by atoms with van der Waals surface area (Å²) in [6.45, 7) is 1.78. The second-order valence-electron chi connectivity index (χ2n) is 4.92. The lowest BCUT2D eigenvalue weighted by Crippen LogP contribution is -2.35. The molecule has 0 atom stereocenters. The Morgan fingerprint density at radius 1 is 1.05 bits per heavy atom. The van der Waals surface area contributed by atoms with Crippen LogP contribution in [0.1, 0.15) is 29.6 Å². The number of aromatic amines is 1. The lowest BCUT2D eigenvalue weighted by molar-refractivity contribution is 0.0724. The van der Waals surface area contributed by atoms with Crippen molar-refractivity contribution in [2.75, 3.05) is 13.1 Å². The zero-order chi connectivity index (χ0) is 13.1. The number of piperidine rings is 1. The van der Waals surface area contributed by atoms with Crippen LogP contribution in [0, 0.1) is 0 Å². The van der Waals surface area contributed by atoms with Crippen LogP contribution in [0.2, 0.25) is 0 Å². The summed E-state index contributed by atoms with van der Waals surface area (Å²) in [5, 5.41) is 6.72. The summed E-state index contributed by atoms with van der Waals surface area (Å²) >= 11 is 0. The highest BCUT2D eigenvalue weighted by molar-refractivity contribution is 5.94. The van der Waals surface area contributed by atoms with E-state index in [1.165, 1.54) is 6.42 Å². The van der Waals surface area contributed by atoms with Gasteiger partial charge in [-0.15, -0.1) is 0 Å². The summed E-state index contributed by atoms with van der Waals surface area (Å²) in [7, 11) is 0. The van der Waals surface area contributed by atoms with Crippen LogP contribution in [-0.2, 0) is 0 Å². The van der Waals surface area contributed by atoms with Crippen molar-refractivity contribution in [1.29, 1.82) is 0 Å². The Labute approximate surface area is 112 Å². The molecule has 1 aliphatic rings. The minimum Gasteiger partial charge on any atom is -0.339 e. The van der Waals surface area contributed by atoms with Crippen LogP contribution < -0.4 is 0 Å². The highest BCUT2D eigenvalue weighted by Gasteiger charge is 2.17. The van der Waals surface area contributed by atoms with Crippen LogP contribution in [-0.4, -0.2) is 34.1 Å². The zero-order valence-electron chi connectivity index (χ0n) is 10.8. The molecule has 4 heteroatoms. The number of amides is 1. The van der Waals surface area contributed by atoms with Gasteiger partial charge in [0.15, 0.2) is 0 Å². The molecular formula is C15H17N3O. The molecule has 2 aromatic rings. The average Bonchev–Trinajstić information content (AvgIpc) is 3.02. The van der Waals surface area contributed by atoms with E-state index in [4.69, 9.17) is 0 Å². The number of aromatic nitrogens is 2. The SMILES string of the molecule is O=C(c1ccc(-c2cn[nH]c2)cc1)N1CCCCC1. The van der Waals surface area contributed by atoms with E-state index in [0.29, 0.717) is 0 Å². The van der Waals surface area contributed by atoms with Gasteiger partial charge < -0.3 is 4.90 Å². The first-order chi connectivity index (χ1) is 9.34. The molecule has 1 fully saturated rings. The Morgan fingerprint density at radius 3 is 2.42 bits per heavy atom. The molecule has 1 aromatic carbocycles. The fourth-order valence-corrected chi connectivity index (χ4v) is 2.49. The normalized spacial score (nSPS) is 15.5. The van der Waals surface area contributed by atoms with Gasteiger partial charge in [-0.25, -0.2) is 0 Å². The number of hydrogen-bond donors (Lipinski definition) is 1. The molecule has 1 amide bonds. The van der Waals surface area contributed by atoms with Crippen molar-refractivity contribution in [2.24, 2.45) is 0 Å². The largest absolute Gasteiger partial charge is 0.339 e. The quantitative estimate of drug-likeness (QED) is 0.897. The van der Waals surface area contributed by atoms with E-state index < -0.39 is 0 Å². The molecule has 0 bridgehead atoms. The number of rotatable bonds is 2. The third kappa shape index (κ3) is 2.52. The Hall–Kier alpha value is -2.10. The van der Waals surface area contributed by atoms with Crippen LogP contribution in [0.25, 0.3) is 11.1 Å². The number of nitrogens with one attached hydrogen (secondary N) is 1. The van der Waals surface area contributed by atoms with Crippen molar-refractivity contribution in [3.05, 3.63) is 42.2 Å². The van der Waals surface area contributed by atoms with Gasteiger partial charge in [-0.2, -0.15) is 5.10 Å². The van der Waals surface area contributed by atoms with Gasteiger partial charge >= 0.3 is 0 Å². The molecule has 0 unspecified atom stereocenters. The summed E-state index contributed by atoms with van der Waals surface area (Å²) in [4.78, 5) is 14.3. The predicted octanol–water partition coefficient (Wildman–Crippen LogP) is 2.70. The number of carbonyl (C=O) groups is 1. The van der Waals surface area contributed by atoms with E-state index in [1.807, 2.05) is 35.4 Å². The van der Waals surface area contributed by atoms with E-state index >= 15 is 0 Å². The van der Waals surface area contributed by atoms with Crippen molar-refractivity contribution in [3.63, 3.8) is 0 Å². The first-order valence-electron chi connectivity index (χ1n) is 6.73. The first kappa shape index (κ1) is 12.0. The predicted molar refractivity (Wildman–Crippen MR) is 73.8 cm³/mol. The van der Waals surface area contributed by atoms with Crippen molar-refractivity contribution < 1.29 is 4.79 Å². The van der Waals surface area contributed by atoms with E-state index in [2.05, 4.69) is 10.2 Å². The maximum absolute atomic E-state index is 12.3. The molecule has 0 radical (unpaired) electrons. The van der Waals surface area contributed by atoms with E-state index in [9.17, 15) is 4.79 Å². The number of nitrogens with zero attached hydrogens (tertiary/aromatic N) is 2. The number of carbonyl (C=O) groups excluding carboxylic acids is 1. The molecular weight excluding hydrogens is 238 g/mol. The molecule has 3 rings (SSSR count). The molecule has 4 nitrogen and oxygen atoms in total. The van der Waals surface area contributed by atoms with Crippen molar-refractivity contribution >= 4 is 5.91 Å². The maximum Gasteiger partial charge on any atom is 0.253 e. The molecule has 0 aliphatic carbocycles. The van der Waals surface area contributed by atoms with E-state index in [-0.39, 0.29) is 5.91 Å². The minimum atomic E-state index is 0.151. The van der Waals surface area contributed by atoms with Crippen LogP contribution in [0.15, 0.2) is 36.7 Å². The standard InChI is InChI=1S/C15H17N3O/c19-15(18-8-2-1-3-9-18)13-6-4-12(5-7-13)14-10-16-17-11-14/h4-7,10-11H,1-3,8-9H2,(H,16,17). The smallest absolute Gasteiger partial charge is 0.253 e. The molecule has 19 heavy (non-hydrogen) atoms. The molecule has 1 aliphatic heterocycles. The fraction of sp³-hybridized carbons (Fsp3) is 0.333. The van der Waals surface area contributed by atoms with Gasteiger partial charge in [0.25, 0.3) is 5.91 Å². The van der Waals surface area contributed by atoms with Crippen LogP contribution in [0.4, 0.5) is 0 Å². The highest BCUT2D eigenvalue weighted by atomic mass is 16.2. The minimum absolute atomic E-state index is 0.151. The zero-order valence-corrected chi connectivity index (χ0v) is 10.8. The summed E-state index contributed by atoms with van der Waals surface area (Å²) in [5.41, 5.74) is 2.88. The molecule has 1 saturated heterocycles. The number of likely N-dealkylation sites (tertiary alicyclic amines) is 1. The van der Waals surface area contributed by atoms with E-state index in [0.717, 1.165) is 42.6 Å². The summed E-state index contributed by atoms with van der Waals surface area (Å²) < 4.78 is 0. The summed E-state index contributed by atoms with van der Waals surface area (Å²) in [5.74, 6) is 0.151. The van der Waals surface area contributed by atoms with Gasteiger partial charge in [-0.3, -0.25) is 9.89 Å². The van der Waals surface area contributed by atoms with Crippen molar-refractivity contribution in [3.8, 4) is 11.1 Å². The third-order valence-electron chi connectivity index (χ3n) is 3.61. The number of H-pyrrole nitrogens is 1. The molecule has 98 valence electrons. The van der Waals surface area contributed by atoms with Crippen LogP contribution in [0.3, 0.4) is 0 Å². The third-order valence-corrected chi connectivity index (χ3v) is 3.61. The highest BCUT2D eigenvalue weighted by Crippen LogP contribution is 2.19. The van der Waals surface area contributed by atoms with Crippen molar-refractivity contribution in [1.82, 2.24) is 15.1 Å². The second kappa shape index (κ2) is 5.26. The lowest BCUT2D eigenvalue weighted by Gasteiger charge is -2.26. The number of benzene rings is 1. The summed E-state index contributed by atoms with van der Waals surface area (Å²) in [6.07, 6.45) is 7.11. The second-order valence-corrected chi connectivity index (χ2v) is 4.92. The van der Waals surface area contributed by atoms with Crippen LogP contribution in [0.5, 0.6) is 0 Å². The topological polar surface area (TPSA) is 49.0 Å². The van der Waals surface area contributed by atoms with Gasteiger partial charge in [0.2, 0.25) is 0 Å². The number of hydrogen-bond acceptors (Lipinski definition) is 2. The first-order valence-corrected chi connectivity index (χ1v) is 6.73. The molecule has 2 heterocycles. The Bertz CT molecular complexity index is 539. The van der Waals surface area contributed by atoms with Gasteiger partial charge in [0.1, 0.15) is 0 Å². The Morgan fingerprint density at radius 2 is 1.79 bits per heavy atom. The summed E-state index contributed by atoms with van der Waals surface area (Å²) in [6, 6.07) is 7.75. The van der Waals surface area contributed by atoms with Gasteiger partial charge in [-0.1, -0.05) is 12.1 Å². The lowest BCUT2D eigenvalue weighted by atomic mass is 10.1. The average molecular weight is 255 g/mol. The molecule has 0 saturated carbocycles. The molecule has 1 N–H and O–H groups in total. The Balaban J connectivity index is 1.76. The molecule has 1 aromatic heterocycles. The van der Waals surface area contributed by atoms with Crippen LogP contribution >= 0.6 is 0 Å². The van der Waals surface area contributed by atoms with E-state index in [1.54, 1.807) is 6.20 Å². The van der Waals surface area contributed by atoms with Gasteiger partial charge in [0.05, 0.1) is 6.20 Å². The molecule has 0 spiro atoms. The fourth-order valence-electron chi connectivity index (χ4n) is 2.49. The Kier molecular flexibility index (Phi) is 3.31. The van der Waals surface area contributed by atoms with Gasteiger partial charge in [-0.05, 0) is 37.0 Å². The van der Waals surface area contributed by atoms with Crippen molar-refractivity contribution in [2.45, 2.75) is 19.3 Å². The van der Waals surface area contributed by atoms with Gasteiger partial charge in [0, 0.05) is 30.4 Å². The maximum atomic E-state index is 12.3. The monoisotopic (exact) mass is 255 g/mol.